The summed E-state index contributed by atoms with van der Waals surface area (Å²) in [6.45, 7) is 4.79. The van der Waals surface area contributed by atoms with Crippen LogP contribution >= 0.6 is 0 Å². The molecule has 0 aromatic rings. The van der Waals surface area contributed by atoms with Gasteiger partial charge in [-0.15, -0.1) is 0 Å². The number of amides is 2. The molecule has 3 aliphatic rings. The molecule has 3 fully saturated rings. The molecule has 3 rings (SSSR count). The van der Waals surface area contributed by atoms with Gasteiger partial charge in [0.15, 0.2) is 0 Å². The average Bonchev–Trinajstić information content (AvgIpc) is 3.14. The summed E-state index contributed by atoms with van der Waals surface area (Å²) in [5.41, 5.74) is -0.639. The fourth-order valence-corrected chi connectivity index (χ4v) is 3.77. The van der Waals surface area contributed by atoms with Crippen LogP contribution in [0.5, 0.6) is 0 Å². The van der Waals surface area contributed by atoms with E-state index >= 15 is 0 Å². The molecule has 19 heavy (non-hydrogen) atoms. The van der Waals surface area contributed by atoms with Crippen LogP contribution in [0.25, 0.3) is 0 Å². The summed E-state index contributed by atoms with van der Waals surface area (Å²) in [4.78, 5) is 26.8. The second-order valence-corrected chi connectivity index (χ2v) is 6.85. The fraction of sp³-hybridized carbons (Fsp3) is 0.867. The summed E-state index contributed by atoms with van der Waals surface area (Å²) in [6.07, 6.45) is 5.99. The number of hydrogen-bond donors (Lipinski definition) is 1. The minimum atomic E-state index is -0.639. The predicted octanol–water partition coefficient (Wildman–Crippen LogP) is 1.69. The third-order valence-corrected chi connectivity index (χ3v) is 5.19. The van der Waals surface area contributed by atoms with E-state index in [9.17, 15) is 9.59 Å². The van der Waals surface area contributed by atoms with Gasteiger partial charge in [0.2, 0.25) is 11.8 Å². The molecular weight excluding hydrogens is 240 g/mol. The van der Waals surface area contributed by atoms with Gasteiger partial charge in [-0.3, -0.25) is 9.59 Å². The van der Waals surface area contributed by atoms with Crippen LogP contribution in [0.1, 0.15) is 52.4 Å². The zero-order chi connectivity index (χ0) is 13.6. The first-order chi connectivity index (χ1) is 9.00. The lowest BCUT2D eigenvalue weighted by molar-refractivity contribution is -0.141. The monoisotopic (exact) mass is 264 g/mol. The quantitative estimate of drug-likeness (QED) is 0.825. The summed E-state index contributed by atoms with van der Waals surface area (Å²) < 4.78 is 0. The number of nitrogens with one attached hydrogen (secondary N) is 1. The van der Waals surface area contributed by atoms with Gasteiger partial charge >= 0.3 is 0 Å². The van der Waals surface area contributed by atoms with E-state index in [0.29, 0.717) is 30.8 Å². The van der Waals surface area contributed by atoms with Crippen LogP contribution < -0.4 is 5.32 Å². The molecule has 0 aromatic heterocycles. The van der Waals surface area contributed by atoms with Crippen molar-refractivity contribution in [3.63, 3.8) is 0 Å². The Balaban J connectivity index is 1.83. The van der Waals surface area contributed by atoms with E-state index in [1.54, 1.807) is 0 Å². The highest BCUT2D eigenvalue weighted by atomic mass is 16.2. The lowest BCUT2D eigenvalue weighted by Gasteiger charge is -2.35. The number of carbonyl (C=O) groups is 2. The third kappa shape index (κ3) is 2.26. The van der Waals surface area contributed by atoms with E-state index in [0.717, 1.165) is 25.7 Å². The van der Waals surface area contributed by atoms with E-state index in [1.165, 1.54) is 6.42 Å². The highest BCUT2D eigenvalue weighted by Gasteiger charge is 2.52. The van der Waals surface area contributed by atoms with Crippen LogP contribution in [0.4, 0.5) is 0 Å². The lowest BCUT2D eigenvalue weighted by Crippen LogP contribution is -2.58. The van der Waals surface area contributed by atoms with Gasteiger partial charge in [-0.2, -0.15) is 0 Å². The van der Waals surface area contributed by atoms with Gasteiger partial charge in [-0.25, -0.2) is 0 Å². The van der Waals surface area contributed by atoms with E-state index in [2.05, 4.69) is 12.2 Å². The van der Waals surface area contributed by atoms with Crippen LogP contribution in [0.3, 0.4) is 0 Å². The van der Waals surface area contributed by atoms with E-state index in [-0.39, 0.29) is 11.8 Å². The first-order valence-electron chi connectivity index (χ1n) is 7.63. The van der Waals surface area contributed by atoms with E-state index < -0.39 is 5.54 Å². The smallest absolute Gasteiger partial charge is 0.248 e. The van der Waals surface area contributed by atoms with Crippen LogP contribution in [0, 0.1) is 11.8 Å². The predicted molar refractivity (Wildman–Crippen MR) is 72.4 cm³/mol. The first kappa shape index (κ1) is 12.9. The van der Waals surface area contributed by atoms with Crippen molar-refractivity contribution in [1.29, 1.82) is 0 Å². The van der Waals surface area contributed by atoms with Crippen LogP contribution in [-0.2, 0) is 9.59 Å². The Bertz CT molecular complexity index is 405. The third-order valence-electron chi connectivity index (χ3n) is 5.19. The Labute approximate surface area is 114 Å². The van der Waals surface area contributed by atoms with Gasteiger partial charge in [0.1, 0.15) is 5.54 Å². The molecule has 2 aliphatic carbocycles. The van der Waals surface area contributed by atoms with Gasteiger partial charge in [-0.1, -0.05) is 6.92 Å². The molecule has 0 spiro atoms. The fourth-order valence-electron chi connectivity index (χ4n) is 3.77. The summed E-state index contributed by atoms with van der Waals surface area (Å²) in [5.74, 6) is 1.26. The topological polar surface area (TPSA) is 49.4 Å². The first-order valence-corrected chi connectivity index (χ1v) is 7.63. The van der Waals surface area contributed by atoms with Gasteiger partial charge in [-0.05, 0) is 50.9 Å². The Morgan fingerprint density at radius 2 is 1.95 bits per heavy atom. The Morgan fingerprint density at radius 3 is 2.53 bits per heavy atom. The molecule has 0 bridgehead atoms. The molecule has 3 atom stereocenters. The molecule has 3 unspecified atom stereocenters. The molecule has 2 amide bonds. The molecule has 0 radical (unpaired) electrons. The molecule has 0 aromatic carbocycles. The molecule has 4 nitrogen and oxygen atoms in total. The minimum Gasteiger partial charge on any atom is -0.342 e. The normalized spacial score (nSPS) is 40.2. The molecule has 1 saturated heterocycles. The van der Waals surface area contributed by atoms with Crippen molar-refractivity contribution in [3.8, 4) is 0 Å². The summed E-state index contributed by atoms with van der Waals surface area (Å²) in [6, 6.07) is 0.355. The Morgan fingerprint density at radius 1 is 1.21 bits per heavy atom. The van der Waals surface area contributed by atoms with Gasteiger partial charge in [0.25, 0.3) is 0 Å². The van der Waals surface area contributed by atoms with Crippen molar-refractivity contribution < 1.29 is 9.59 Å². The van der Waals surface area contributed by atoms with Crippen LogP contribution in [-0.4, -0.2) is 34.8 Å². The van der Waals surface area contributed by atoms with Crippen molar-refractivity contribution in [2.24, 2.45) is 11.8 Å². The van der Waals surface area contributed by atoms with Crippen molar-refractivity contribution in [2.75, 3.05) is 6.54 Å². The molecule has 4 heteroatoms. The molecule has 1 N–H and O–H groups in total. The zero-order valence-electron chi connectivity index (χ0n) is 11.9. The summed E-state index contributed by atoms with van der Waals surface area (Å²) in [7, 11) is 0. The van der Waals surface area contributed by atoms with Gasteiger partial charge in [0, 0.05) is 19.0 Å². The summed E-state index contributed by atoms with van der Waals surface area (Å²) in [5, 5.41) is 3.00. The van der Waals surface area contributed by atoms with Gasteiger partial charge in [0.05, 0.1) is 0 Å². The number of hydrogen-bond acceptors (Lipinski definition) is 2. The van der Waals surface area contributed by atoms with E-state index in [4.69, 9.17) is 0 Å². The molecule has 106 valence electrons. The van der Waals surface area contributed by atoms with Crippen LogP contribution in [0.15, 0.2) is 0 Å². The minimum absolute atomic E-state index is 0.0382. The second-order valence-electron chi connectivity index (χ2n) is 6.85. The maximum Gasteiger partial charge on any atom is 0.248 e. The van der Waals surface area contributed by atoms with Crippen LogP contribution in [0.2, 0.25) is 0 Å². The number of nitrogens with zero attached hydrogens (tertiary/aromatic N) is 1. The van der Waals surface area contributed by atoms with E-state index in [1.807, 2.05) is 11.8 Å². The largest absolute Gasteiger partial charge is 0.342 e. The molecule has 1 heterocycles. The average molecular weight is 264 g/mol. The summed E-state index contributed by atoms with van der Waals surface area (Å²) >= 11 is 0. The Kier molecular flexibility index (Phi) is 3.06. The zero-order valence-corrected chi connectivity index (χ0v) is 11.9. The highest BCUT2D eigenvalue weighted by Crippen LogP contribution is 2.42. The number of rotatable bonds is 2. The Hall–Kier alpha value is -1.06. The standard InChI is InChI=1S/C15H24N2O2/c1-10-3-6-12(9-10)17-8-7-13(18)16-15(2,14(17)19)11-4-5-11/h10-12H,3-9H2,1-2H3,(H,16,18). The van der Waals surface area contributed by atoms with Crippen molar-refractivity contribution >= 4 is 11.8 Å². The lowest BCUT2D eigenvalue weighted by atomic mass is 9.93. The number of carbonyl (C=O) groups excluding carboxylic acids is 2. The van der Waals surface area contributed by atoms with Gasteiger partial charge < -0.3 is 10.2 Å². The molecule has 1 aliphatic heterocycles. The second kappa shape index (κ2) is 4.50. The molecular formula is C15H24N2O2. The SMILES string of the molecule is CC1CCC(N2CCC(=O)NC(C)(C3CC3)C2=O)C1. The van der Waals surface area contributed by atoms with Crippen molar-refractivity contribution in [1.82, 2.24) is 10.2 Å². The maximum absolute atomic E-state index is 12.9. The van der Waals surface area contributed by atoms with Crippen molar-refractivity contribution in [2.45, 2.75) is 64.0 Å². The van der Waals surface area contributed by atoms with Crippen molar-refractivity contribution in [3.05, 3.63) is 0 Å². The highest BCUT2D eigenvalue weighted by molar-refractivity contribution is 5.94. The maximum atomic E-state index is 12.9. The molecule has 2 saturated carbocycles.